The average Bonchev–Trinajstić information content (AvgIpc) is 2.85. The molecule has 142 valence electrons. The molecule has 0 saturated heterocycles. The van der Waals surface area contributed by atoms with Gasteiger partial charge in [-0.15, -0.1) is 0 Å². The predicted octanol–water partition coefficient (Wildman–Crippen LogP) is 5.67. The van der Waals surface area contributed by atoms with Gasteiger partial charge in [0.25, 0.3) is 0 Å². The first-order chi connectivity index (χ1) is 12.3. The molecule has 0 aromatic carbocycles. The van der Waals surface area contributed by atoms with Gasteiger partial charge in [0.15, 0.2) is 5.78 Å². The molecule has 0 bridgehead atoms. The number of unbranched alkanes of at least 4 members (excludes halogenated alkanes) is 1. The summed E-state index contributed by atoms with van der Waals surface area (Å²) in [5, 5.41) is 0. The van der Waals surface area contributed by atoms with Gasteiger partial charge in [-0.2, -0.15) is 0 Å². The van der Waals surface area contributed by atoms with Gasteiger partial charge in [0.2, 0.25) is 0 Å². The molecule has 0 radical (unpaired) electrons. The molecule has 0 spiro atoms. The van der Waals surface area contributed by atoms with E-state index >= 15 is 0 Å². The van der Waals surface area contributed by atoms with Crippen molar-refractivity contribution in [3.05, 3.63) is 23.3 Å². The Hall–Kier alpha value is -1.18. The van der Waals surface area contributed by atoms with Crippen LogP contribution in [0, 0.1) is 34.5 Å². The molecule has 0 amide bonds. The van der Waals surface area contributed by atoms with Crippen LogP contribution in [0.2, 0.25) is 0 Å². The molecule has 0 N–H and O–H groups in total. The molecular weight excluding hydrogens is 320 g/mol. The molecule has 4 rings (SSSR count). The van der Waals surface area contributed by atoms with Gasteiger partial charge in [-0.25, -0.2) is 0 Å². The molecule has 26 heavy (non-hydrogen) atoms. The SMILES string of the molecule is CCCC[C@H]1CC(=O)[C@@]2(C)CC[C@H]3[C@@H](CCC4=CC(=O)C=C(C)[C@@]43C)[C@H]12. The van der Waals surface area contributed by atoms with Crippen molar-refractivity contribution in [1.82, 2.24) is 0 Å². The number of allylic oxidation sites excluding steroid dienone is 4. The zero-order valence-electron chi connectivity index (χ0n) is 16.9. The summed E-state index contributed by atoms with van der Waals surface area (Å²) in [7, 11) is 0. The molecule has 0 heterocycles. The van der Waals surface area contributed by atoms with Crippen molar-refractivity contribution in [2.24, 2.45) is 34.5 Å². The molecule has 3 saturated carbocycles. The van der Waals surface area contributed by atoms with Gasteiger partial charge >= 0.3 is 0 Å². The quantitative estimate of drug-likeness (QED) is 0.654. The first kappa shape index (κ1) is 18.2. The highest BCUT2D eigenvalue weighted by Gasteiger charge is 2.61. The number of carbonyl (C=O) groups is 2. The fourth-order valence-electron chi connectivity index (χ4n) is 7.36. The Bertz CT molecular complexity index is 699. The van der Waals surface area contributed by atoms with Gasteiger partial charge in [0, 0.05) is 17.3 Å². The summed E-state index contributed by atoms with van der Waals surface area (Å²) in [5.41, 5.74) is 2.58. The van der Waals surface area contributed by atoms with Gasteiger partial charge in [-0.3, -0.25) is 9.59 Å². The minimum atomic E-state index is -0.0841. The van der Waals surface area contributed by atoms with E-state index in [4.69, 9.17) is 0 Å². The third-order valence-corrected chi connectivity index (χ3v) is 8.86. The lowest BCUT2D eigenvalue weighted by Crippen LogP contribution is -2.51. The molecule has 0 aromatic rings. The lowest BCUT2D eigenvalue weighted by Gasteiger charge is -2.57. The van der Waals surface area contributed by atoms with Crippen molar-refractivity contribution >= 4 is 11.6 Å². The van der Waals surface area contributed by atoms with Crippen LogP contribution in [0.3, 0.4) is 0 Å². The maximum absolute atomic E-state index is 13.0. The zero-order valence-corrected chi connectivity index (χ0v) is 16.9. The van der Waals surface area contributed by atoms with Crippen LogP contribution in [0.1, 0.15) is 79.1 Å². The van der Waals surface area contributed by atoms with Crippen LogP contribution in [-0.2, 0) is 9.59 Å². The molecular formula is C24H34O2. The lowest BCUT2D eigenvalue weighted by molar-refractivity contribution is -0.132. The van der Waals surface area contributed by atoms with Crippen molar-refractivity contribution < 1.29 is 9.59 Å². The molecule has 4 aliphatic rings. The number of hydrogen-bond donors (Lipinski definition) is 0. The van der Waals surface area contributed by atoms with Gasteiger partial charge in [0.05, 0.1) is 0 Å². The summed E-state index contributed by atoms with van der Waals surface area (Å²) >= 11 is 0. The fraction of sp³-hybridized carbons (Fsp3) is 0.750. The topological polar surface area (TPSA) is 34.1 Å². The maximum Gasteiger partial charge on any atom is 0.178 e. The van der Waals surface area contributed by atoms with Gasteiger partial charge in [-0.05, 0) is 74.9 Å². The molecule has 0 unspecified atom stereocenters. The highest BCUT2D eigenvalue weighted by Crippen LogP contribution is 2.66. The number of Topliss-reactive ketones (excluding diaryl/α,β-unsaturated/α-hetero) is 1. The number of ketones is 2. The number of carbonyl (C=O) groups excluding carboxylic acids is 2. The highest BCUT2D eigenvalue weighted by molar-refractivity contribution is 6.02. The molecule has 2 nitrogen and oxygen atoms in total. The van der Waals surface area contributed by atoms with Crippen molar-refractivity contribution in [2.45, 2.75) is 79.1 Å². The Balaban J connectivity index is 1.71. The third-order valence-electron chi connectivity index (χ3n) is 8.86. The van der Waals surface area contributed by atoms with Gasteiger partial charge in [0.1, 0.15) is 5.78 Å². The first-order valence-corrected chi connectivity index (χ1v) is 10.8. The summed E-state index contributed by atoms with van der Waals surface area (Å²) in [6.07, 6.45) is 12.7. The highest BCUT2D eigenvalue weighted by atomic mass is 16.1. The minimum absolute atomic E-state index is 0.0408. The van der Waals surface area contributed by atoms with Crippen LogP contribution in [0.15, 0.2) is 23.3 Å². The van der Waals surface area contributed by atoms with E-state index < -0.39 is 0 Å². The summed E-state index contributed by atoms with van der Waals surface area (Å²) in [6, 6.07) is 0. The maximum atomic E-state index is 13.0. The second-order valence-corrected chi connectivity index (χ2v) is 9.92. The predicted molar refractivity (Wildman–Crippen MR) is 105 cm³/mol. The number of fused-ring (bicyclic) bond motifs is 5. The van der Waals surface area contributed by atoms with E-state index in [1.165, 1.54) is 36.8 Å². The van der Waals surface area contributed by atoms with E-state index in [0.717, 1.165) is 25.7 Å². The number of hydrogen-bond acceptors (Lipinski definition) is 2. The normalized spacial score (nSPS) is 44.8. The van der Waals surface area contributed by atoms with Crippen LogP contribution in [-0.4, -0.2) is 11.6 Å². The Morgan fingerprint density at radius 3 is 2.65 bits per heavy atom. The molecule has 0 aromatic heterocycles. The first-order valence-electron chi connectivity index (χ1n) is 10.8. The van der Waals surface area contributed by atoms with E-state index in [-0.39, 0.29) is 16.6 Å². The van der Waals surface area contributed by atoms with E-state index in [1.807, 2.05) is 12.2 Å². The van der Waals surface area contributed by atoms with Crippen molar-refractivity contribution in [3.63, 3.8) is 0 Å². The van der Waals surface area contributed by atoms with E-state index in [1.54, 1.807) is 0 Å². The van der Waals surface area contributed by atoms with Crippen LogP contribution in [0.4, 0.5) is 0 Å². The monoisotopic (exact) mass is 354 g/mol. The van der Waals surface area contributed by atoms with E-state index in [0.29, 0.717) is 29.5 Å². The van der Waals surface area contributed by atoms with Crippen molar-refractivity contribution in [2.75, 3.05) is 0 Å². The zero-order chi connectivity index (χ0) is 18.7. The average molecular weight is 355 g/mol. The van der Waals surface area contributed by atoms with Crippen LogP contribution in [0.5, 0.6) is 0 Å². The Morgan fingerprint density at radius 1 is 1.15 bits per heavy atom. The fourth-order valence-corrected chi connectivity index (χ4v) is 7.36. The van der Waals surface area contributed by atoms with Crippen LogP contribution in [0.25, 0.3) is 0 Å². The Labute approximate surface area is 158 Å². The summed E-state index contributed by atoms with van der Waals surface area (Å²) in [5.74, 6) is 3.10. The minimum Gasteiger partial charge on any atom is -0.299 e. The Kier molecular flexibility index (Phi) is 4.32. The van der Waals surface area contributed by atoms with Gasteiger partial charge < -0.3 is 0 Å². The second-order valence-electron chi connectivity index (χ2n) is 9.92. The van der Waals surface area contributed by atoms with Crippen molar-refractivity contribution in [3.8, 4) is 0 Å². The third kappa shape index (κ3) is 2.36. The molecule has 3 fully saturated rings. The lowest BCUT2D eigenvalue weighted by atomic mass is 9.46. The number of rotatable bonds is 3. The standard InChI is InChI=1S/C24H34O2/c1-5-6-7-16-13-21(26)23(3)11-10-20-19(22(16)23)9-8-17-14-18(25)12-15(2)24(17,20)4/h12,14,16,19-20,22H,5-11,13H2,1-4H3/t16-,19+,20-,22-,23+,24-/m0/s1. The summed E-state index contributed by atoms with van der Waals surface area (Å²) in [6.45, 7) is 9.08. The Morgan fingerprint density at radius 2 is 1.92 bits per heavy atom. The molecule has 0 aliphatic heterocycles. The summed E-state index contributed by atoms with van der Waals surface area (Å²) in [4.78, 5) is 25.1. The van der Waals surface area contributed by atoms with Gasteiger partial charge in [-0.1, -0.05) is 44.8 Å². The molecule has 6 atom stereocenters. The molecule has 2 heteroatoms. The smallest absolute Gasteiger partial charge is 0.178 e. The van der Waals surface area contributed by atoms with E-state index in [9.17, 15) is 9.59 Å². The van der Waals surface area contributed by atoms with Crippen LogP contribution < -0.4 is 0 Å². The largest absolute Gasteiger partial charge is 0.299 e. The summed E-state index contributed by atoms with van der Waals surface area (Å²) < 4.78 is 0. The van der Waals surface area contributed by atoms with Crippen LogP contribution >= 0.6 is 0 Å². The van der Waals surface area contributed by atoms with E-state index in [2.05, 4.69) is 27.7 Å². The second kappa shape index (κ2) is 6.17. The van der Waals surface area contributed by atoms with Crippen molar-refractivity contribution in [1.29, 1.82) is 0 Å². The molecule has 4 aliphatic carbocycles.